The molecule has 1 atom stereocenters. The second-order valence-corrected chi connectivity index (χ2v) is 5.59. The Bertz CT molecular complexity index is 368. The van der Waals surface area contributed by atoms with Gasteiger partial charge in [-0.3, -0.25) is 0 Å². The highest BCUT2D eigenvalue weighted by Gasteiger charge is 2.21. The lowest BCUT2D eigenvalue weighted by molar-refractivity contribution is 0.240. The van der Waals surface area contributed by atoms with Crippen LogP contribution in [0.4, 0.5) is 0 Å². The summed E-state index contributed by atoms with van der Waals surface area (Å²) in [6.45, 7) is 2.73. The summed E-state index contributed by atoms with van der Waals surface area (Å²) in [7, 11) is 0. The topological polar surface area (TPSA) is 35.2 Å². The summed E-state index contributed by atoms with van der Waals surface area (Å²) in [6, 6.07) is 5.96. The fraction of sp³-hybridized carbons (Fsp3) is 0.500. The average molecular weight is 258 g/mol. The van der Waals surface area contributed by atoms with Crippen LogP contribution < -0.4 is 10.5 Å². The molecule has 0 aromatic heterocycles. The molecule has 1 aromatic carbocycles. The van der Waals surface area contributed by atoms with Crippen molar-refractivity contribution in [3.8, 4) is 5.75 Å². The van der Waals surface area contributed by atoms with E-state index in [4.69, 9.17) is 22.1 Å². The number of halogens is 1. The summed E-state index contributed by atoms with van der Waals surface area (Å²) in [5, 5.41) is 0.690. The molecular formula is C12H16ClNOS. The normalized spacial score (nSPS) is 17.9. The first-order valence-electron chi connectivity index (χ1n) is 5.44. The van der Waals surface area contributed by atoms with E-state index in [1.54, 1.807) is 0 Å². The van der Waals surface area contributed by atoms with E-state index in [0.717, 1.165) is 17.3 Å². The Morgan fingerprint density at radius 1 is 1.56 bits per heavy atom. The zero-order valence-electron chi connectivity index (χ0n) is 9.28. The van der Waals surface area contributed by atoms with Gasteiger partial charge in [0.2, 0.25) is 0 Å². The molecule has 1 aliphatic heterocycles. The van der Waals surface area contributed by atoms with Gasteiger partial charge in [-0.15, -0.1) is 0 Å². The number of hydrogen-bond acceptors (Lipinski definition) is 3. The van der Waals surface area contributed by atoms with Gasteiger partial charge in [-0.1, -0.05) is 24.6 Å². The van der Waals surface area contributed by atoms with Crippen LogP contribution >= 0.6 is 23.4 Å². The molecule has 0 amide bonds. The van der Waals surface area contributed by atoms with E-state index in [0.29, 0.717) is 23.6 Å². The Morgan fingerprint density at radius 2 is 2.31 bits per heavy atom. The van der Waals surface area contributed by atoms with Gasteiger partial charge in [0.05, 0.1) is 5.02 Å². The second kappa shape index (κ2) is 5.30. The summed E-state index contributed by atoms with van der Waals surface area (Å²) >= 11 is 8.08. The highest BCUT2D eigenvalue weighted by Crippen LogP contribution is 2.31. The number of ether oxygens (including phenoxy) is 1. The number of hydrogen-bond donors (Lipinski definition) is 1. The molecule has 0 radical (unpaired) electrons. The van der Waals surface area contributed by atoms with E-state index < -0.39 is 0 Å². The van der Waals surface area contributed by atoms with Crippen LogP contribution in [0.15, 0.2) is 18.2 Å². The molecule has 0 saturated carbocycles. The van der Waals surface area contributed by atoms with Crippen molar-refractivity contribution in [3.63, 3.8) is 0 Å². The molecule has 0 spiro atoms. The van der Waals surface area contributed by atoms with Crippen LogP contribution in [0.1, 0.15) is 18.4 Å². The van der Waals surface area contributed by atoms with Crippen molar-refractivity contribution < 1.29 is 4.74 Å². The van der Waals surface area contributed by atoms with Crippen molar-refractivity contribution in [2.24, 2.45) is 5.73 Å². The van der Waals surface area contributed by atoms with Crippen molar-refractivity contribution in [2.75, 3.05) is 18.1 Å². The third kappa shape index (κ3) is 2.65. The molecule has 1 saturated heterocycles. The van der Waals surface area contributed by atoms with E-state index in [9.17, 15) is 0 Å². The summed E-state index contributed by atoms with van der Waals surface area (Å²) in [4.78, 5) is 0. The summed E-state index contributed by atoms with van der Waals surface area (Å²) in [6.07, 6.45) is 0.334. The minimum Gasteiger partial charge on any atom is -0.487 e. The lowest BCUT2D eigenvalue weighted by Crippen LogP contribution is -2.31. The maximum Gasteiger partial charge on any atom is 0.138 e. The minimum atomic E-state index is 0.334. The smallest absolute Gasteiger partial charge is 0.138 e. The van der Waals surface area contributed by atoms with Crippen LogP contribution in [0.25, 0.3) is 0 Å². The van der Waals surface area contributed by atoms with Crippen molar-refractivity contribution in [1.29, 1.82) is 0 Å². The maximum absolute atomic E-state index is 6.18. The van der Waals surface area contributed by atoms with E-state index in [2.05, 4.69) is 6.92 Å². The van der Waals surface area contributed by atoms with E-state index in [-0.39, 0.29) is 0 Å². The van der Waals surface area contributed by atoms with Gasteiger partial charge in [-0.2, -0.15) is 11.8 Å². The molecule has 1 aliphatic rings. The highest BCUT2D eigenvalue weighted by atomic mass is 35.5. The predicted molar refractivity (Wildman–Crippen MR) is 70.7 cm³/mol. The quantitative estimate of drug-likeness (QED) is 0.901. The zero-order valence-corrected chi connectivity index (χ0v) is 10.9. The average Bonchev–Trinajstić information content (AvgIpc) is 2.23. The fourth-order valence-electron chi connectivity index (χ4n) is 1.52. The van der Waals surface area contributed by atoms with Gasteiger partial charge in [0.15, 0.2) is 0 Å². The molecule has 2 rings (SSSR count). The van der Waals surface area contributed by atoms with Gasteiger partial charge in [0.1, 0.15) is 11.9 Å². The minimum absolute atomic E-state index is 0.334. The molecule has 2 nitrogen and oxygen atoms in total. The monoisotopic (exact) mass is 257 g/mol. The van der Waals surface area contributed by atoms with Crippen molar-refractivity contribution in [2.45, 2.75) is 18.9 Å². The van der Waals surface area contributed by atoms with Gasteiger partial charge < -0.3 is 10.5 Å². The first-order valence-corrected chi connectivity index (χ1v) is 6.98. The number of benzene rings is 1. The van der Waals surface area contributed by atoms with E-state index in [1.165, 1.54) is 5.56 Å². The summed E-state index contributed by atoms with van der Waals surface area (Å²) in [5.74, 6) is 3.26. The zero-order chi connectivity index (χ0) is 11.5. The first-order chi connectivity index (χ1) is 7.70. The third-order valence-electron chi connectivity index (χ3n) is 2.78. The lowest BCUT2D eigenvalue weighted by Gasteiger charge is -2.26. The first kappa shape index (κ1) is 12.1. The van der Waals surface area contributed by atoms with Crippen LogP contribution in [0, 0.1) is 0 Å². The molecule has 0 bridgehead atoms. The van der Waals surface area contributed by atoms with Crippen molar-refractivity contribution >= 4 is 23.4 Å². The standard InChI is InChI=1S/C12H16ClNOS/c1-8(5-14)9-2-3-12(11(13)4-9)15-10-6-16-7-10/h2-4,8,10H,5-7,14H2,1H3. The lowest BCUT2D eigenvalue weighted by atomic mass is 10.0. The van der Waals surface area contributed by atoms with Crippen LogP contribution in [-0.4, -0.2) is 24.2 Å². The van der Waals surface area contributed by atoms with Gasteiger partial charge in [0.25, 0.3) is 0 Å². The molecule has 2 N–H and O–H groups in total. The summed E-state index contributed by atoms with van der Waals surface area (Å²) < 4.78 is 5.77. The maximum atomic E-state index is 6.18. The molecule has 1 fully saturated rings. The molecule has 4 heteroatoms. The second-order valence-electron chi connectivity index (χ2n) is 4.10. The number of nitrogens with two attached hydrogens (primary N) is 1. The van der Waals surface area contributed by atoms with Crippen molar-refractivity contribution in [3.05, 3.63) is 28.8 Å². The number of thioether (sulfide) groups is 1. The molecule has 16 heavy (non-hydrogen) atoms. The SMILES string of the molecule is CC(CN)c1ccc(OC2CSC2)c(Cl)c1. The molecule has 88 valence electrons. The van der Waals surface area contributed by atoms with Crippen LogP contribution in [0.2, 0.25) is 5.02 Å². The molecule has 1 unspecified atom stereocenters. The molecule has 1 aromatic rings. The van der Waals surface area contributed by atoms with E-state index in [1.807, 2.05) is 30.0 Å². The molecule has 1 heterocycles. The summed E-state index contributed by atoms with van der Waals surface area (Å²) in [5.41, 5.74) is 6.80. The Morgan fingerprint density at radius 3 is 2.81 bits per heavy atom. The highest BCUT2D eigenvalue weighted by molar-refractivity contribution is 8.00. The van der Waals surface area contributed by atoms with E-state index >= 15 is 0 Å². The Kier molecular flexibility index (Phi) is 4.00. The molecule has 0 aliphatic carbocycles. The Labute approximate surface area is 105 Å². The number of rotatable bonds is 4. The van der Waals surface area contributed by atoms with Crippen molar-refractivity contribution in [1.82, 2.24) is 0 Å². The van der Waals surface area contributed by atoms with Crippen LogP contribution in [-0.2, 0) is 0 Å². The van der Waals surface area contributed by atoms with Crippen LogP contribution in [0.3, 0.4) is 0 Å². The van der Waals surface area contributed by atoms with Crippen LogP contribution in [0.5, 0.6) is 5.75 Å². The van der Waals surface area contributed by atoms with Gasteiger partial charge in [-0.05, 0) is 30.2 Å². The fourth-order valence-corrected chi connectivity index (χ4v) is 2.31. The van der Waals surface area contributed by atoms with Gasteiger partial charge >= 0.3 is 0 Å². The van der Waals surface area contributed by atoms with Gasteiger partial charge in [-0.25, -0.2) is 0 Å². The Hall–Kier alpha value is -0.380. The third-order valence-corrected chi connectivity index (χ3v) is 4.29. The molecular weight excluding hydrogens is 242 g/mol. The van der Waals surface area contributed by atoms with Gasteiger partial charge in [0, 0.05) is 11.5 Å². The largest absolute Gasteiger partial charge is 0.487 e. The predicted octanol–water partition coefficient (Wildman–Crippen LogP) is 2.90. The Balaban J connectivity index is 2.09.